The second kappa shape index (κ2) is 4.61. The van der Waals surface area contributed by atoms with Crippen LogP contribution >= 0.6 is 31.9 Å². The van der Waals surface area contributed by atoms with E-state index in [1.165, 1.54) is 0 Å². The summed E-state index contributed by atoms with van der Waals surface area (Å²) in [6, 6.07) is 2.93. The van der Waals surface area contributed by atoms with E-state index in [-0.39, 0.29) is 5.75 Å². The summed E-state index contributed by atoms with van der Waals surface area (Å²) in [6.45, 7) is 1.62. The molecular formula is C9H11Br2NO2. The van der Waals surface area contributed by atoms with Gasteiger partial charge in [0, 0.05) is 0 Å². The molecule has 0 saturated carbocycles. The van der Waals surface area contributed by atoms with Crippen LogP contribution in [0.1, 0.15) is 18.5 Å². The molecule has 0 aliphatic carbocycles. The van der Waals surface area contributed by atoms with Crippen molar-refractivity contribution in [2.45, 2.75) is 19.1 Å². The Balaban J connectivity index is 3.12. The minimum atomic E-state index is -0.627. The van der Waals surface area contributed by atoms with Gasteiger partial charge in [-0.25, -0.2) is 0 Å². The maximum Gasteiger partial charge on any atom is 0.143 e. The van der Waals surface area contributed by atoms with E-state index < -0.39 is 12.1 Å². The fourth-order valence-electron chi connectivity index (χ4n) is 1.06. The molecule has 4 N–H and O–H groups in total. The first kappa shape index (κ1) is 12.0. The third-order valence-corrected chi connectivity index (χ3v) is 3.15. The van der Waals surface area contributed by atoms with Crippen LogP contribution in [0.2, 0.25) is 0 Å². The fraction of sp³-hybridized carbons (Fsp3) is 0.333. The average Bonchev–Trinajstić information content (AvgIpc) is 2.12. The van der Waals surface area contributed by atoms with Crippen LogP contribution in [-0.2, 0) is 0 Å². The number of phenolic OH excluding ortho intramolecular Hbond substituents is 1. The first-order chi connectivity index (χ1) is 6.43. The van der Waals surface area contributed by atoms with Crippen molar-refractivity contribution in [2.75, 3.05) is 0 Å². The lowest BCUT2D eigenvalue weighted by Crippen LogP contribution is -2.23. The van der Waals surface area contributed by atoms with Gasteiger partial charge in [0.25, 0.3) is 0 Å². The number of aromatic hydroxyl groups is 1. The predicted molar refractivity (Wildman–Crippen MR) is 62.1 cm³/mol. The molecule has 0 radical (unpaired) electrons. The molecule has 2 atom stereocenters. The molecule has 5 heteroatoms. The third-order valence-electron chi connectivity index (χ3n) is 1.94. The number of hydrogen-bond donors (Lipinski definition) is 3. The lowest BCUT2D eigenvalue weighted by atomic mass is 10.0. The highest BCUT2D eigenvalue weighted by molar-refractivity contribution is 9.11. The minimum Gasteiger partial charge on any atom is -0.506 e. The Bertz CT molecular complexity index is 319. The van der Waals surface area contributed by atoms with Crippen LogP contribution in [0, 0.1) is 0 Å². The number of hydrogen-bond acceptors (Lipinski definition) is 3. The summed E-state index contributed by atoms with van der Waals surface area (Å²) in [5.74, 6) is 0.131. The van der Waals surface area contributed by atoms with E-state index in [1.807, 2.05) is 0 Å². The number of halogens is 2. The largest absolute Gasteiger partial charge is 0.506 e. The topological polar surface area (TPSA) is 66.5 Å². The van der Waals surface area contributed by atoms with Gasteiger partial charge in [-0.2, -0.15) is 0 Å². The molecule has 1 rings (SSSR count). The van der Waals surface area contributed by atoms with Crippen molar-refractivity contribution >= 4 is 31.9 Å². The summed E-state index contributed by atoms with van der Waals surface area (Å²) in [4.78, 5) is 0. The zero-order chi connectivity index (χ0) is 10.9. The number of rotatable bonds is 2. The lowest BCUT2D eigenvalue weighted by molar-refractivity contribution is 0.164. The van der Waals surface area contributed by atoms with Crippen molar-refractivity contribution in [1.29, 1.82) is 0 Å². The van der Waals surface area contributed by atoms with Crippen molar-refractivity contribution in [3.05, 3.63) is 26.6 Å². The second-order valence-corrected chi connectivity index (χ2v) is 4.81. The van der Waals surface area contributed by atoms with Crippen molar-refractivity contribution < 1.29 is 10.2 Å². The number of aliphatic hydroxyl groups is 1. The molecule has 0 heterocycles. The molecule has 0 fully saturated rings. The summed E-state index contributed by atoms with van der Waals surface area (Å²) in [7, 11) is 0. The van der Waals surface area contributed by atoms with Gasteiger partial charge in [0.15, 0.2) is 0 Å². The standard InChI is InChI=1S/C9H11Br2NO2/c1-4(13)8(12)5-2-6(10)9(14)7(11)3-5/h2-4,8,13-14H,12H2,1H3/t4-,8-/m1/s1. The molecule has 1 aromatic carbocycles. The van der Waals surface area contributed by atoms with E-state index in [0.29, 0.717) is 8.95 Å². The molecule has 0 saturated heterocycles. The Morgan fingerprint density at radius 2 is 1.71 bits per heavy atom. The van der Waals surface area contributed by atoms with Crippen LogP contribution in [-0.4, -0.2) is 16.3 Å². The summed E-state index contributed by atoms with van der Waals surface area (Å²) >= 11 is 6.39. The van der Waals surface area contributed by atoms with Crippen LogP contribution < -0.4 is 5.73 Å². The van der Waals surface area contributed by atoms with E-state index in [0.717, 1.165) is 5.56 Å². The normalized spacial score (nSPS) is 15.2. The highest BCUT2D eigenvalue weighted by Gasteiger charge is 2.15. The molecule has 78 valence electrons. The molecule has 0 amide bonds. The van der Waals surface area contributed by atoms with Gasteiger partial charge >= 0.3 is 0 Å². The quantitative estimate of drug-likeness (QED) is 0.782. The molecule has 0 unspecified atom stereocenters. The minimum absolute atomic E-state index is 0.131. The van der Waals surface area contributed by atoms with Gasteiger partial charge < -0.3 is 15.9 Å². The van der Waals surface area contributed by atoms with Crippen molar-refractivity contribution in [1.82, 2.24) is 0 Å². The predicted octanol–water partition coefficient (Wildman–Crippen LogP) is 2.30. The summed E-state index contributed by atoms with van der Waals surface area (Å²) in [5.41, 5.74) is 6.51. The smallest absolute Gasteiger partial charge is 0.143 e. The van der Waals surface area contributed by atoms with Crippen molar-refractivity contribution in [3.63, 3.8) is 0 Å². The second-order valence-electron chi connectivity index (χ2n) is 3.10. The van der Waals surface area contributed by atoms with Gasteiger partial charge in [-0.1, -0.05) is 0 Å². The average molecular weight is 325 g/mol. The van der Waals surface area contributed by atoms with E-state index in [4.69, 9.17) is 5.73 Å². The third kappa shape index (κ3) is 2.48. The summed E-state index contributed by atoms with van der Waals surface area (Å²) in [5, 5.41) is 18.8. The maximum absolute atomic E-state index is 9.45. The molecule has 0 aromatic heterocycles. The van der Waals surface area contributed by atoms with E-state index in [2.05, 4.69) is 31.9 Å². The zero-order valence-electron chi connectivity index (χ0n) is 7.54. The molecule has 3 nitrogen and oxygen atoms in total. The van der Waals surface area contributed by atoms with Gasteiger partial charge in [0.2, 0.25) is 0 Å². The summed E-state index contributed by atoms with van der Waals surface area (Å²) < 4.78 is 1.11. The maximum atomic E-state index is 9.45. The number of nitrogens with two attached hydrogens (primary N) is 1. The van der Waals surface area contributed by atoms with E-state index >= 15 is 0 Å². The Hall–Kier alpha value is -0.100. The van der Waals surface area contributed by atoms with Crippen LogP contribution in [0.4, 0.5) is 0 Å². The monoisotopic (exact) mass is 323 g/mol. The molecule has 1 aromatic rings. The number of aliphatic hydroxyl groups excluding tert-OH is 1. The zero-order valence-corrected chi connectivity index (χ0v) is 10.7. The Labute approximate surface area is 99.2 Å². The molecular weight excluding hydrogens is 314 g/mol. The fourth-order valence-corrected chi connectivity index (χ4v) is 2.28. The van der Waals surface area contributed by atoms with Gasteiger partial charge in [0.05, 0.1) is 21.1 Å². The van der Waals surface area contributed by atoms with Crippen LogP contribution in [0.3, 0.4) is 0 Å². The first-order valence-electron chi connectivity index (χ1n) is 4.05. The van der Waals surface area contributed by atoms with E-state index in [1.54, 1.807) is 19.1 Å². The molecule has 0 aliphatic heterocycles. The SMILES string of the molecule is C[C@@H](O)[C@@H](N)c1cc(Br)c(O)c(Br)c1. The lowest BCUT2D eigenvalue weighted by Gasteiger charge is -2.16. The Morgan fingerprint density at radius 1 is 1.29 bits per heavy atom. The molecule has 0 spiro atoms. The van der Waals surface area contributed by atoms with Crippen molar-refractivity contribution in [2.24, 2.45) is 5.73 Å². The van der Waals surface area contributed by atoms with Crippen LogP contribution in [0.25, 0.3) is 0 Å². The highest BCUT2D eigenvalue weighted by Crippen LogP contribution is 2.35. The molecule has 0 bridgehead atoms. The van der Waals surface area contributed by atoms with Gasteiger partial charge in [-0.15, -0.1) is 0 Å². The summed E-state index contributed by atoms with van der Waals surface area (Å²) in [6.07, 6.45) is -0.627. The van der Waals surface area contributed by atoms with E-state index in [9.17, 15) is 10.2 Å². The van der Waals surface area contributed by atoms with Gasteiger partial charge in [-0.05, 0) is 56.5 Å². The van der Waals surface area contributed by atoms with Gasteiger partial charge in [0.1, 0.15) is 5.75 Å². The van der Waals surface area contributed by atoms with Crippen molar-refractivity contribution in [3.8, 4) is 5.75 Å². The number of phenols is 1. The Morgan fingerprint density at radius 3 is 2.07 bits per heavy atom. The molecule has 0 aliphatic rings. The number of benzene rings is 1. The molecule has 14 heavy (non-hydrogen) atoms. The van der Waals surface area contributed by atoms with Crippen LogP contribution in [0.15, 0.2) is 21.1 Å². The Kier molecular flexibility index (Phi) is 3.94. The van der Waals surface area contributed by atoms with Gasteiger partial charge in [-0.3, -0.25) is 0 Å². The highest BCUT2D eigenvalue weighted by atomic mass is 79.9. The van der Waals surface area contributed by atoms with Crippen LogP contribution in [0.5, 0.6) is 5.75 Å². The first-order valence-corrected chi connectivity index (χ1v) is 5.63.